The average Bonchev–Trinajstić information content (AvgIpc) is 3.18. The second kappa shape index (κ2) is 5.51. The number of fused-ring (bicyclic) bond motifs is 1. The zero-order chi connectivity index (χ0) is 15.1. The highest BCUT2D eigenvalue weighted by Gasteiger charge is 2.33. The van der Waals surface area contributed by atoms with Gasteiger partial charge < -0.3 is 11.5 Å². The van der Waals surface area contributed by atoms with Gasteiger partial charge in [-0.1, -0.05) is 0 Å². The standard InChI is InChI=1S/C15H23N5S/c1-8-9(2)21-15-13(8)14(17)18-12(19-15)7-20(3)11(6-16)10-4-5-10/h10-11H,4-7,16H2,1-3H3,(H2,17,18,19). The number of anilines is 1. The normalized spacial score (nSPS) is 16.8. The Kier molecular flexibility index (Phi) is 3.86. The molecule has 0 aliphatic heterocycles. The fourth-order valence-electron chi connectivity index (χ4n) is 2.95. The van der Waals surface area contributed by atoms with Gasteiger partial charge in [-0.15, -0.1) is 11.3 Å². The quantitative estimate of drug-likeness (QED) is 0.883. The molecular formula is C15H23N5S. The molecule has 2 aromatic rings. The summed E-state index contributed by atoms with van der Waals surface area (Å²) in [6.45, 7) is 5.58. The summed E-state index contributed by atoms with van der Waals surface area (Å²) in [6.07, 6.45) is 2.58. The number of aryl methyl sites for hydroxylation is 2. The minimum Gasteiger partial charge on any atom is -0.383 e. The van der Waals surface area contributed by atoms with Gasteiger partial charge in [0.15, 0.2) is 0 Å². The Hall–Kier alpha value is -1.24. The lowest BCUT2D eigenvalue weighted by Crippen LogP contribution is -2.39. The third-order valence-corrected chi connectivity index (χ3v) is 5.57. The highest BCUT2D eigenvalue weighted by atomic mass is 32.1. The van der Waals surface area contributed by atoms with Gasteiger partial charge in [0.25, 0.3) is 0 Å². The molecule has 1 aliphatic rings. The van der Waals surface area contributed by atoms with Crippen molar-refractivity contribution in [1.82, 2.24) is 14.9 Å². The number of nitrogen functional groups attached to an aromatic ring is 1. The highest BCUT2D eigenvalue weighted by molar-refractivity contribution is 7.18. The van der Waals surface area contributed by atoms with Gasteiger partial charge in [0.1, 0.15) is 16.5 Å². The first kappa shape index (κ1) is 14.7. The van der Waals surface area contributed by atoms with E-state index in [1.807, 2.05) is 0 Å². The lowest BCUT2D eigenvalue weighted by atomic mass is 10.1. The Morgan fingerprint density at radius 2 is 2.05 bits per heavy atom. The topological polar surface area (TPSA) is 81.1 Å². The van der Waals surface area contributed by atoms with Crippen LogP contribution in [0, 0.1) is 19.8 Å². The summed E-state index contributed by atoms with van der Waals surface area (Å²) in [5, 5.41) is 1.02. The molecule has 0 amide bonds. The van der Waals surface area contributed by atoms with Crippen LogP contribution >= 0.6 is 11.3 Å². The summed E-state index contributed by atoms with van der Waals surface area (Å²) in [4.78, 5) is 13.7. The van der Waals surface area contributed by atoms with Gasteiger partial charge in [-0.05, 0) is 45.2 Å². The van der Waals surface area contributed by atoms with E-state index >= 15 is 0 Å². The molecule has 0 radical (unpaired) electrons. The van der Waals surface area contributed by atoms with E-state index in [0.29, 0.717) is 24.9 Å². The summed E-state index contributed by atoms with van der Waals surface area (Å²) in [5.74, 6) is 2.14. The van der Waals surface area contributed by atoms with Crippen molar-refractivity contribution in [3.05, 3.63) is 16.3 Å². The molecule has 21 heavy (non-hydrogen) atoms. The first-order chi connectivity index (χ1) is 10.0. The van der Waals surface area contributed by atoms with E-state index in [9.17, 15) is 0 Å². The summed E-state index contributed by atoms with van der Waals surface area (Å²) in [6, 6.07) is 0.428. The zero-order valence-corrected chi connectivity index (χ0v) is 13.7. The number of aromatic nitrogens is 2. The van der Waals surface area contributed by atoms with Crippen LogP contribution in [-0.4, -0.2) is 34.5 Å². The summed E-state index contributed by atoms with van der Waals surface area (Å²) < 4.78 is 0. The van der Waals surface area contributed by atoms with Crippen LogP contribution in [0.3, 0.4) is 0 Å². The fourth-order valence-corrected chi connectivity index (χ4v) is 4.01. The second-order valence-electron chi connectivity index (χ2n) is 6.04. The van der Waals surface area contributed by atoms with Crippen molar-refractivity contribution in [2.24, 2.45) is 11.7 Å². The van der Waals surface area contributed by atoms with E-state index in [-0.39, 0.29) is 0 Å². The Morgan fingerprint density at radius 3 is 2.67 bits per heavy atom. The predicted molar refractivity (Wildman–Crippen MR) is 88.3 cm³/mol. The maximum absolute atomic E-state index is 6.14. The van der Waals surface area contributed by atoms with Crippen molar-refractivity contribution in [3.63, 3.8) is 0 Å². The van der Waals surface area contributed by atoms with Gasteiger partial charge >= 0.3 is 0 Å². The third kappa shape index (κ3) is 2.75. The smallest absolute Gasteiger partial charge is 0.146 e. The minimum atomic E-state index is 0.428. The van der Waals surface area contributed by atoms with E-state index < -0.39 is 0 Å². The van der Waals surface area contributed by atoms with Gasteiger partial charge in [-0.3, -0.25) is 4.90 Å². The maximum Gasteiger partial charge on any atom is 0.146 e. The Bertz CT molecular complexity index is 662. The molecule has 4 N–H and O–H groups in total. The first-order valence-corrected chi connectivity index (χ1v) is 8.25. The molecule has 1 fully saturated rings. The van der Waals surface area contributed by atoms with Gasteiger partial charge in [0.2, 0.25) is 0 Å². The Labute approximate surface area is 129 Å². The molecule has 0 bridgehead atoms. The monoisotopic (exact) mass is 305 g/mol. The molecule has 3 rings (SSSR count). The Morgan fingerprint density at radius 1 is 1.33 bits per heavy atom. The van der Waals surface area contributed by atoms with E-state index in [0.717, 1.165) is 22.0 Å². The molecule has 2 aromatic heterocycles. The molecular weight excluding hydrogens is 282 g/mol. The molecule has 5 nitrogen and oxygen atoms in total. The summed E-state index contributed by atoms with van der Waals surface area (Å²) >= 11 is 1.69. The molecule has 6 heteroatoms. The number of nitrogens with two attached hydrogens (primary N) is 2. The largest absolute Gasteiger partial charge is 0.383 e. The lowest BCUT2D eigenvalue weighted by Gasteiger charge is -2.26. The van der Waals surface area contributed by atoms with Crippen molar-refractivity contribution in [1.29, 1.82) is 0 Å². The molecule has 2 heterocycles. The first-order valence-electron chi connectivity index (χ1n) is 7.43. The SMILES string of the molecule is Cc1sc2nc(CN(C)C(CN)C3CC3)nc(N)c2c1C. The van der Waals surface area contributed by atoms with E-state index in [2.05, 4.69) is 30.8 Å². The number of hydrogen-bond acceptors (Lipinski definition) is 6. The van der Waals surface area contributed by atoms with E-state index in [4.69, 9.17) is 16.5 Å². The van der Waals surface area contributed by atoms with Crippen LogP contribution in [-0.2, 0) is 6.54 Å². The number of rotatable bonds is 5. The second-order valence-corrected chi connectivity index (χ2v) is 7.25. The molecule has 1 aliphatic carbocycles. The van der Waals surface area contributed by atoms with Crippen molar-refractivity contribution >= 4 is 27.4 Å². The van der Waals surface area contributed by atoms with E-state index in [1.165, 1.54) is 23.3 Å². The molecule has 0 aromatic carbocycles. The van der Waals surface area contributed by atoms with Gasteiger partial charge in [-0.2, -0.15) is 0 Å². The van der Waals surface area contributed by atoms with Crippen LogP contribution in [0.25, 0.3) is 10.2 Å². The van der Waals surface area contributed by atoms with Crippen molar-refractivity contribution in [2.45, 2.75) is 39.3 Å². The molecule has 0 saturated heterocycles. The van der Waals surface area contributed by atoms with Crippen molar-refractivity contribution in [2.75, 3.05) is 19.3 Å². The van der Waals surface area contributed by atoms with Crippen LogP contribution in [0.1, 0.15) is 29.1 Å². The average molecular weight is 305 g/mol. The van der Waals surface area contributed by atoms with E-state index in [1.54, 1.807) is 11.3 Å². The number of thiophene rings is 1. The maximum atomic E-state index is 6.14. The van der Waals surface area contributed by atoms with Crippen LogP contribution in [0.2, 0.25) is 0 Å². The van der Waals surface area contributed by atoms with Crippen LogP contribution in [0.4, 0.5) is 5.82 Å². The number of nitrogens with zero attached hydrogens (tertiary/aromatic N) is 3. The molecule has 1 saturated carbocycles. The zero-order valence-electron chi connectivity index (χ0n) is 12.9. The van der Waals surface area contributed by atoms with Gasteiger partial charge in [0.05, 0.1) is 11.9 Å². The molecule has 1 atom stereocenters. The van der Waals surface area contributed by atoms with Crippen molar-refractivity contribution < 1.29 is 0 Å². The summed E-state index contributed by atoms with van der Waals surface area (Å²) in [7, 11) is 2.10. The van der Waals surface area contributed by atoms with Gasteiger partial charge in [0, 0.05) is 17.5 Å². The van der Waals surface area contributed by atoms with Crippen LogP contribution in [0.15, 0.2) is 0 Å². The predicted octanol–water partition coefficient (Wildman–Crippen LogP) is 2.06. The number of hydrogen-bond donors (Lipinski definition) is 2. The van der Waals surface area contributed by atoms with Crippen LogP contribution in [0.5, 0.6) is 0 Å². The lowest BCUT2D eigenvalue weighted by molar-refractivity contribution is 0.211. The molecule has 1 unspecified atom stereocenters. The fraction of sp³-hybridized carbons (Fsp3) is 0.600. The molecule has 0 spiro atoms. The van der Waals surface area contributed by atoms with Crippen molar-refractivity contribution in [3.8, 4) is 0 Å². The summed E-state index contributed by atoms with van der Waals surface area (Å²) in [5.41, 5.74) is 13.2. The Balaban J connectivity index is 1.87. The van der Waals surface area contributed by atoms with Gasteiger partial charge in [-0.25, -0.2) is 9.97 Å². The third-order valence-electron chi connectivity index (χ3n) is 4.47. The molecule has 114 valence electrons. The van der Waals surface area contributed by atoms with Crippen LogP contribution < -0.4 is 11.5 Å². The minimum absolute atomic E-state index is 0.428. The highest BCUT2D eigenvalue weighted by Crippen LogP contribution is 2.35. The number of likely N-dealkylation sites (N-methyl/N-ethyl adjacent to an activating group) is 1.